The summed E-state index contributed by atoms with van der Waals surface area (Å²) in [7, 11) is 0. The van der Waals surface area contributed by atoms with E-state index in [4.69, 9.17) is 17.0 Å². The average molecular weight is 437 g/mol. The molecule has 0 aromatic heterocycles. The molecular weight excluding hydrogens is 419 g/mol. The smallest absolute Gasteiger partial charge is 0.262 e. The van der Waals surface area contributed by atoms with Crippen molar-refractivity contribution < 1.29 is 13.9 Å². The van der Waals surface area contributed by atoms with Gasteiger partial charge in [0.2, 0.25) is 0 Å². The summed E-state index contributed by atoms with van der Waals surface area (Å²) in [4.78, 5) is 15.0. The lowest BCUT2D eigenvalue weighted by molar-refractivity contribution is -0.118. The Kier molecular flexibility index (Phi) is 6.21. The molecule has 136 valence electrons. The molecule has 0 radical (unpaired) electrons. The molecular formula is C19H18BrFN2O2S. The zero-order chi connectivity index (χ0) is 18.5. The second kappa shape index (κ2) is 8.60. The molecule has 4 nitrogen and oxygen atoms in total. The van der Waals surface area contributed by atoms with Crippen molar-refractivity contribution >= 4 is 44.7 Å². The largest absolute Gasteiger partial charge is 0.484 e. The maximum Gasteiger partial charge on any atom is 0.262 e. The zero-order valence-electron chi connectivity index (χ0n) is 14.0. The van der Waals surface area contributed by atoms with E-state index >= 15 is 0 Å². The van der Waals surface area contributed by atoms with Gasteiger partial charge >= 0.3 is 0 Å². The van der Waals surface area contributed by atoms with E-state index in [1.807, 2.05) is 12.1 Å². The first kappa shape index (κ1) is 18.8. The summed E-state index contributed by atoms with van der Waals surface area (Å²) in [5, 5.41) is 2.49. The number of nitrogens with one attached hydrogen (secondary N) is 1. The molecule has 1 saturated heterocycles. The van der Waals surface area contributed by atoms with E-state index in [1.165, 1.54) is 25.0 Å². The molecule has 1 aliphatic heterocycles. The minimum atomic E-state index is -0.507. The number of carbonyl (C=O) groups is 1. The Labute approximate surface area is 165 Å². The lowest BCUT2D eigenvalue weighted by Gasteiger charge is -2.18. The molecule has 0 atom stereocenters. The normalized spacial score (nSPS) is 13.5. The molecule has 2 aromatic carbocycles. The lowest BCUT2D eigenvalue weighted by Crippen LogP contribution is -2.26. The van der Waals surface area contributed by atoms with Gasteiger partial charge < -0.3 is 15.0 Å². The van der Waals surface area contributed by atoms with Gasteiger partial charge in [-0.15, -0.1) is 0 Å². The van der Waals surface area contributed by atoms with E-state index in [1.54, 1.807) is 18.2 Å². The summed E-state index contributed by atoms with van der Waals surface area (Å²) in [6, 6.07) is 11.8. The van der Waals surface area contributed by atoms with Crippen molar-refractivity contribution in [2.24, 2.45) is 0 Å². The fraction of sp³-hybridized carbons (Fsp3) is 0.263. The molecule has 0 saturated carbocycles. The Morgan fingerprint density at radius 1 is 1.19 bits per heavy atom. The number of rotatable bonds is 5. The van der Waals surface area contributed by atoms with Crippen LogP contribution in [0.25, 0.3) is 0 Å². The number of halogens is 2. The molecule has 0 spiro atoms. The summed E-state index contributed by atoms with van der Waals surface area (Å²) in [6.45, 7) is 1.80. The number of benzene rings is 2. The molecule has 7 heteroatoms. The Hall–Kier alpha value is -1.99. The minimum absolute atomic E-state index is 0.119. The molecule has 0 aliphatic carbocycles. The fourth-order valence-corrected chi connectivity index (χ4v) is 3.37. The Balaban J connectivity index is 1.52. The summed E-state index contributed by atoms with van der Waals surface area (Å²) >= 11 is 8.68. The molecule has 0 bridgehead atoms. The first-order chi connectivity index (χ1) is 12.5. The van der Waals surface area contributed by atoms with Crippen molar-refractivity contribution in [1.82, 2.24) is 4.90 Å². The van der Waals surface area contributed by atoms with E-state index in [9.17, 15) is 9.18 Å². The third kappa shape index (κ3) is 4.80. The summed E-state index contributed by atoms with van der Waals surface area (Å²) in [6.07, 6.45) is 2.35. The number of carbonyl (C=O) groups excluding carboxylic acids is 1. The number of ether oxygens (including phenoxy) is 1. The van der Waals surface area contributed by atoms with Gasteiger partial charge in [-0.1, -0.05) is 28.1 Å². The number of likely N-dealkylation sites (tertiary alicyclic amines) is 1. The number of hydrogen-bond donors (Lipinski definition) is 1. The molecule has 0 unspecified atom stereocenters. The van der Waals surface area contributed by atoms with Crippen LogP contribution in [0.4, 0.5) is 10.1 Å². The predicted octanol–water partition coefficient (Wildman–Crippen LogP) is 4.38. The SMILES string of the molecule is O=C(COc1ccc(C(=S)N2CCCC2)cc1)Nc1ccc(Br)cc1F. The van der Waals surface area contributed by atoms with Crippen LogP contribution in [0.1, 0.15) is 18.4 Å². The number of anilines is 1. The second-order valence-electron chi connectivity index (χ2n) is 5.98. The van der Waals surface area contributed by atoms with E-state index in [0.717, 1.165) is 23.6 Å². The number of hydrogen-bond acceptors (Lipinski definition) is 3. The standard InChI is InChI=1S/C19H18BrFN2O2S/c20-14-5-8-17(16(21)11-14)22-18(24)12-25-15-6-3-13(4-7-15)19(26)23-9-1-2-10-23/h3-8,11H,1-2,9-10,12H2,(H,22,24). The van der Waals surface area contributed by atoms with E-state index in [0.29, 0.717) is 10.2 Å². The van der Waals surface area contributed by atoms with E-state index < -0.39 is 11.7 Å². The molecule has 3 rings (SSSR count). The fourth-order valence-electron chi connectivity index (χ4n) is 2.72. The maximum absolute atomic E-state index is 13.7. The summed E-state index contributed by atoms with van der Waals surface area (Å²) in [5.41, 5.74) is 1.09. The molecule has 1 amide bonds. The van der Waals surface area contributed by atoms with Crippen molar-refractivity contribution in [2.45, 2.75) is 12.8 Å². The summed E-state index contributed by atoms with van der Waals surface area (Å²) in [5.74, 6) is -0.375. The Morgan fingerprint density at radius 3 is 2.54 bits per heavy atom. The molecule has 2 aromatic rings. The number of nitrogens with zero attached hydrogens (tertiary/aromatic N) is 1. The highest BCUT2D eigenvalue weighted by Crippen LogP contribution is 2.20. The van der Waals surface area contributed by atoms with E-state index in [-0.39, 0.29) is 12.3 Å². The van der Waals surface area contributed by atoms with Crippen molar-refractivity contribution in [3.8, 4) is 5.75 Å². The van der Waals surface area contributed by atoms with Crippen LogP contribution < -0.4 is 10.1 Å². The van der Waals surface area contributed by atoms with Crippen LogP contribution in [0.3, 0.4) is 0 Å². The highest BCUT2D eigenvalue weighted by molar-refractivity contribution is 9.10. The van der Waals surface area contributed by atoms with Crippen LogP contribution >= 0.6 is 28.1 Å². The van der Waals surface area contributed by atoms with Crippen LogP contribution in [0.5, 0.6) is 5.75 Å². The van der Waals surface area contributed by atoms with Crippen molar-refractivity contribution in [3.05, 3.63) is 58.3 Å². The monoisotopic (exact) mass is 436 g/mol. The van der Waals surface area contributed by atoms with Gasteiger partial charge in [0.1, 0.15) is 16.6 Å². The van der Waals surface area contributed by atoms with Crippen LogP contribution in [-0.2, 0) is 4.79 Å². The van der Waals surface area contributed by atoms with Gasteiger partial charge in [-0.3, -0.25) is 4.79 Å². The van der Waals surface area contributed by atoms with Crippen LogP contribution in [0.2, 0.25) is 0 Å². The first-order valence-corrected chi connectivity index (χ1v) is 9.50. The molecule has 1 fully saturated rings. The van der Waals surface area contributed by atoms with Gasteiger partial charge in [-0.2, -0.15) is 0 Å². The van der Waals surface area contributed by atoms with Gasteiger partial charge in [-0.05, 0) is 55.3 Å². The number of thiocarbonyl (C=S) groups is 1. The second-order valence-corrected chi connectivity index (χ2v) is 7.29. The van der Waals surface area contributed by atoms with Gasteiger partial charge in [0.25, 0.3) is 5.91 Å². The highest BCUT2D eigenvalue weighted by Gasteiger charge is 2.16. The summed E-state index contributed by atoms with van der Waals surface area (Å²) < 4.78 is 19.8. The van der Waals surface area contributed by atoms with Crippen LogP contribution in [0, 0.1) is 5.82 Å². The molecule has 1 aliphatic rings. The van der Waals surface area contributed by atoms with Crippen LogP contribution in [0.15, 0.2) is 46.9 Å². The Morgan fingerprint density at radius 2 is 1.88 bits per heavy atom. The average Bonchev–Trinajstić information content (AvgIpc) is 3.17. The molecule has 26 heavy (non-hydrogen) atoms. The predicted molar refractivity (Wildman–Crippen MR) is 107 cm³/mol. The van der Waals surface area contributed by atoms with E-state index in [2.05, 4.69) is 26.1 Å². The zero-order valence-corrected chi connectivity index (χ0v) is 16.4. The third-order valence-corrected chi connectivity index (χ3v) is 5.06. The van der Waals surface area contributed by atoms with Gasteiger partial charge in [0.05, 0.1) is 5.69 Å². The van der Waals surface area contributed by atoms with Crippen LogP contribution in [-0.4, -0.2) is 35.5 Å². The maximum atomic E-state index is 13.7. The van der Waals surface area contributed by atoms with Crippen molar-refractivity contribution in [3.63, 3.8) is 0 Å². The topological polar surface area (TPSA) is 41.6 Å². The minimum Gasteiger partial charge on any atom is -0.484 e. The van der Waals surface area contributed by atoms with Gasteiger partial charge in [0.15, 0.2) is 6.61 Å². The Bertz CT molecular complexity index is 808. The molecule has 1 heterocycles. The lowest BCUT2D eigenvalue weighted by atomic mass is 10.2. The van der Waals surface area contributed by atoms with Crippen molar-refractivity contribution in [1.29, 1.82) is 0 Å². The van der Waals surface area contributed by atoms with Gasteiger partial charge in [0, 0.05) is 23.1 Å². The highest BCUT2D eigenvalue weighted by atomic mass is 79.9. The van der Waals surface area contributed by atoms with Crippen molar-refractivity contribution in [2.75, 3.05) is 25.0 Å². The molecule has 1 N–H and O–H groups in total. The van der Waals surface area contributed by atoms with Gasteiger partial charge in [-0.25, -0.2) is 4.39 Å². The quantitative estimate of drug-likeness (QED) is 0.706. The third-order valence-electron chi connectivity index (χ3n) is 4.07. The first-order valence-electron chi connectivity index (χ1n) is 8.30. The number of amides is 1.